The van der Waals surface area contributed by atoms with E-state index in [2.05, 4.69) is 13.8 Å². The van der Waals surface area contributed by atoms with Gasteiger partial charge in [0.2, 0.25) is 11.8 Å². The molecule has 1 heterocycles. The molecule has 0 bridgehead atoms. The largest absolute Gasteiger partial charge is 0.345 e. The number of nitrogens with two attached hydrogens (primary N) is 1. The second kappa shape index (κ2) is 10.4. The maximum Gasteiger partial charge on any atom is 0.226 e. The van der Waals surface area contributed by atoms with Gasteiger partial charge in [0, 0.05) is 44.6 Å². The van der Waals surface area contributed by atoms with Gasteiger partial charge in [-0.1, -0.05) is 26.7 Å². The van der Waals surface area contributed by atoms with Crippen LogP contribution in [-0.4, -0.2) is 54.3 Å². The smallest absolute Gasteiger partial charge is 0.226 e. The quantitative estimate of drug-likeness (QED) is 0.778. The van der Waals surface area contributed by atoms with Crippen LogP contribution in [0.25, 0.3) is 0 Å². The molecule has 0 aromatic rings. The first-order valence-electron chi connectivity index (χ1n) is 9.71. The van der Waals surface area contributed by atoms with Gasteiger partial charge >= 0.3 is 0 Å². The van der Waals surface area contributed by atoms with E-state index in [-0.39, 0.29) is 42.1 Å². The second-order valence-corrected chi connectivity index (χ2v) is 7.99. The zero-order chi connectivity index (χ0) is 17.7. The molecule has 0 radical (unpaired) electrons. The van der Waals surface area contributed by atoms with Crippen molar-refractivity contribution in [2.24, 2.45) is 23.5 Å². The lowest BCUT2D eigenvalue weighted by molar-refractivity contribution is -0.147. The highest BCUT2D eigenvalue weighted by molar-refractivity contribution is 5.88. The Bertz CT molecular complexity index is 438. The molecule has 2 fully saturated rings. The first-order chi connectivity index (χ1) is 11.4. The summed E-state index contributed by atoms with van der Waals surface area (Å²) in [5.41, 5.74) is 6.10. The molecule has 1 saturated carbocycles. The monoisotopic (exact) mass is 373 g/mol. The molecule has 25 heavy (non-hydrogen) atoms. The number of amides is 2. The third kappa shape index (κ3) is 5.85. The second-order valence-electron chi connectivity index (χ2n) is 7.99. The Hall–Kier alpha value is -0.810. The van der Waals surface area contributed by atoms with Gasteiger partial charge in [-0.15, -0.1) is 12.4 Å². The summed E-state index contributed by atoms with van der Waals surface area (Å²) < 4.78 is 0. The average Bonchev–Trinajstić information content (AvgIpc) is 3.12. The molecular weight excluding hydrogens is 338 g/mol. The number of carbonyl (C=O) groups excluding carboxylic acids is 2. The predicted molar refractivity (Wildman–Crippen MR) is 104 cm³/mol. The first kappa shape index (κ1) is 22.2. The molecule has 5 nitrogen and oxygen atoms in total. The van der Waals surface area contributed by atoms with E-state index in [0.717, 1.165) is 58.0 Å². The normalized spacial score (nSPS) is 24.8. The Morgan fingerprint density at radius 1 is 1.08 bits per heavy atom. The van der Waals surface area contributed by atoms with Crippen molar-refractivity contribution in [1.82, 2.24) is 9.80 Å². The molecule has 146 valence electrons. The Kier molecular flexibility index (Phi) is 9.22. The Labute approximate surface area is 159 Å². The predicted octanol–water partition coefficient (Wildman–Crippen LogP) is 2.67. The summed E-state index contributed by atoms with van der Waals surface area (Å²) >= 11 is 0. The van der Waals surface area contributed by atoms with Gasteiger partial charge in [-0.25, -0.2) is 0 Å². The fourth-order valence-corrected chi connectivity index (χ4v) is 3.96. The van der Waals surface area contributed by atoms with Crippen molar-refractivity contribution >= 4 is 24.2 Å². The number of rotatable bonds is 6. The molecule has 0 aromatic carbocycles. The van der Waals surface area contributed by atoms with Crippen molar-refractivity contribution < 1.29 is 9.59 Å². The molecule has 2 rings (SSSR count). The van der Waals surface area contributed by atoms with Crippen LogP contribution in [0.1, 0.15) is 58.8 Å². The Balaban J connectivity index is 0.00000312. The summed E-state index contributed by atoms with van der Waals surface area (Å²) in [5, 5.41) is 0. The van der Waals surface area contributed by atoms with E-state index in [9.17, 15) is 9.59 Å². The summed E-state index contributed by atoms with van der Waals surface area (Å²) in [7, 11) is 1.86. The lowest BCUT2D eigenvalue weighted by Gasteiger charge is -2.35. The van der Waals surface area contributed by atoms with Gasteiger partial charge in [0.15, 0.2) is 0 Å². The van der Waals surface area contributed by atoms with Crippen LogP contribution in [0.15, 0.2) is 0 Å². The maximum absolute atomic E-state index is 12.9. The van der Waals surface area contributed by atoms with Crippen LogP contribution in [-0.2, 0) is 9.59 Å². The average molecular weight is 374 g/mol. The van der Waals surface area contributed by atoms with Crippen molar-refractivity contribution in [2.75, 3.05) is 26.7 Å². The van der Waals surface area contributed by atoms with Gasteiger partial charge in [0.25, 0.3) is 0 Å². The van der Waals surface area contributed by atoms with Gasteiger partial charge in [-0.3, -0.25) is 9.59 Å². The molecule has 1 saturated heterocycles. The van der Waals surface area contributed by atoms with Crippen LogP contribution in [0, 0.1) is 17.8 Å². The van der Waals surface area contributed by atoms with Crippen molar-refractivity contribution in [1.29, 1.82) is 0 Å². The fraction of sp³-hybridized carbons (Fsp3) is 0.895. The van der Waals surface area contributed by atoms with Gasteiger partial charge in [-0.05, 0) is 38.0 Å². The van der Waals surface area contributed by atoms with Crippen LogP contribution >= 0.6 is 12.4 Å². The molecule has 1 aliphatic heterocycles. The van der Waals surface area contributed by atoms with E-state index in [1.165, 1.54) is 0 Å². The molecule has 2 N–H and O–H groups in total. The fourth-order valence-electron chi connectivity index (χ4n) is 3.96. The lowest BCUT2D eigenvalue weighted by atomic mass is 9.77. The summed E-state index contributed by atoms with van der Waals surface area (Å²) in [6.45, 7) is 6.64. The zero-order valence-electron chi connectivity index (χ0n) is 16.1. The van der Waals surface area contributed by atoms with E-state index in [1.807, 2.05) is 16.8 Å². The number of likely N-dealkylation sites (tertiary alicyclic amines) is 1. The molecular formula is C19H36ClN3O2. The van der Waals surface area contributed by atoms with Crippen LogP contribution in [0.4, 0.5) is 0 Å². The van der Waals surface area contributed by atoms with Crippen LogP contribution in [0.3, 0.4) is 0 Å². The molecule has 2 amide bonds. The maximum atomic E-state index is 12.9. The molecule has 0 aromatic heterocycles. The lowest BCUT2D eigenvalue weighted by Crippen LogP contribution is -2.46. The third-order valence-electron chi connectivity index (χ3n) is 5.85. The molecule has 3 atom stereocenters. The standard InChI is InChI=1S/C19H35N3O2.ClH/c1-14(2)17(20)10-13-21(3)18(23)15-8-4-5-9-16(15)19(24)22-11-6-7-12-22;/h14-17H,4-13,20H2,1-3H3;1H. The first-order valence-corrected chi connectivity index (χ1v) is 9.71. The SMILES string of the molecule is CC(C)C(N)CCN(C)C(=O)C1CCCCC1C(=O)N1CCCC1.Cl. The van der Waals surface area contributed by atoms with E-state index < -0.39 is 0 Å². The van der Waals surface area contributed by atoms with E-state index in [1.54, 1.807) is 0 Å². The van der Waals surface area contributed by atoms with Crippen LogP contribution < -0.4 is 5.73 Å². The number of hydrogen-bond donors (Lipinski definition) is 1. The van der Waals surface area contributed by atoms with Crippen LogP contribution in [0.5, 0.6) is 0 Å². The number of nitrogens with zero attached hydrogens (tertiary/aromatic N) is 2. The van der Waals surface area contributed by atoms with Crippen molar-refractivity contribution in [2.45, 2.75) is 64.8 Å². The van der Waals surface area contributed by atoms with Gasteiger partial charge < -0.3 is 15.5 Å². The minimum atomic E-state index is -0.132. The Morgan fingerprint density at radius 3 is 2.20 bits per heavy atom. The minimum absolute atomic E-state index is 0. The molecule has 6 heteroatoms. The van der Waals surface area contributed by atoms with E-state index in [0.29, 0.717) is 12.5 Å². The molecule has 1 aliphatic carbocycles. The summed E-state index contributed by atoms with van der Waals surface area (Å²) in [4.78, 5) is 29.5. The molecule has 0 spiro atoms. The third-order valence-corrected chi connectivity index (χ3v) is 5.85. The van der Waals surface area contributed by atoms with Crippen molar-refractivity contribution in [3.05, 3.63) is 0 Å². The number of hydrogen-bond acceptors (Lipinski definition) is 3. The van der Waals surface area contributed by atoms with Gasteiger partial charge in [0.05, 0.1) is 0 Å². The summed E-state index contributed by atoms with van der Waals surface area (Å²) in [6, 6.07) is 0.119. The Morgan fingerprint density at radius 2 is 1.64 bits per heavy atom. The zero-order valence-corrected chi connectivity index (χ0v) is 16.9. The highest BCUT2D eigenvalue weighted by atomic mass is 35.5. The van der Waals surface area contributed by atoms with E-state index >= 15 is 0 Å². The summed E-state index contributed by atoms with van der Waals surface area (Å²) in [5.74, 6) is 0.548. The summed E-state index contributed by atoms with van der Waals surface area (Å²) in [6.07, 6.45) is 6.86. The highest BCUT2D eigenvalue weighted by Crippen LogP contribution is 2.33. The molecule has 2 aliphatic rings. The number of halogens is 1. The van der Waals surface area contributed by atoms with Crippen molar-refractivity contribution in [3.8, 4) is 0 Å². The topological polar surface area (TPSA) is 66.6 Å². The van der Waals surface area contributed by atoms with Gasteiger partial charge in [0.1, 0.15) is 0 Å². The van der Waals surface area contributed by atoms with Crippen LogP contribution in [0.2, 0.25) is 0 Å². The van der Waals surface area contributed by atoms with Gasteiger partial charge in [-0.2, -0.15) is 0 Å². The number of carbonyl (C=O) groups is 2. The highest BCUT2D eigenvalue weighted by Gasteiger charge is 2.39. The molecule has 3 unspecified atom stereocenters. The minimum Gasteiger partial charge on any atom is -0.345 e. The van der Waals surface area contributed by atoms with E-state index in [4.69, 9.17) is 5.73 Å². The van der Waals surface area contributed by atoms with Crippen molar-refractivity contribution in [3.63, 3.8) is 0 Å².